The second-order valence-corrected chi connectivity index (χ2v) is 5.30. The molecule has 2 atom stereocenters. The van der Waals surface area contributed by atoms with Crippen molar-refractivity contribution in [3.63, 3.8) is 0 Å². The van der Waals surface area contributed by atoms with E-state index in [4.69, 9.17) is 0 Å². The molecule has 7 nitrogen and oxygen atoms in total. The summed E-state index contributed by atoms with van der Waals surface area (Å²) in [7, 11) is 1.79. The zero-order valence-corrected chi connectivity index (χ0v) is 13.0. The van der Waals surface area contributed by atoms with Crippen molar-refractivity contribution >= 4 is 11.9 Å². The third-order valence-corrected chi connectivity index (χ3v) is 3.41. The van der Waals surface area contributed by atoms with Crippen LogP contribution in [0, 0.1) is 5.92 Å². The van der Waals surface area contributed by atoms with E-state index in [1.807, 2.05) is 0 Å². The molecule has 0 saturated heterocycles. The van der Waals surface area contributed by atoms with Gasteiger partial charge in [0.05, 0.1) is 0 Å². The Bertz CT molecular complexity index is 552. The molecule has 2 aromatic rings. The highest BCUT2D eigenvalue weighted by Gasteiger charge is 2.11. The highest BCUT2D eigenvalue weighted by Crippen LogP contribution is 2.14. The van der Waals surface area contributed by atoms with Crippen LogP contribution in [0.3, 0.4) is 0 Å². The molecular weight excluding hydrogens is 266 g/mol. The quantitative estimate of drug-likeness (QED) is 0.814. The Balaban J connectivity index is 2.17. The van der Waals surface area contributed by atoms with Gasteiger partial charge in [-0.3, -0.25) is 4.57 Å². The monoisotopic (exact) mass is 289 g/mol. The average molecular weight is 289 g/mol. The molecule has 2 aromatic heterocycles. The number of hydrogen-bond acceptors (Lipinski definition) is 6. The lowest BCUT2D eigenvalue weighted by atomic mass is 10.0. The molecule has 0 fully saturated rings. The van der Waals surface area contributed by atoms with Gasteiger partial charge in [-0.25, -0.2) is 4.98 Å². The van der Waals surface area contributed by atoms with E-state index in [-0.39, 0.29) is 0 Å². The Morgan fingerprint density at radius 1 is 1.19 bits per heavy atom. The summed E-state index contributed by atoms with van der Waals surface area (Å²) >= 11 is 0. The van der Waals surface area contributed by atoms with Gasteiger partial charge in [0.15, 0.2) is 0 Å². The zero-order chi connectivity index (χ0) is 15.2. The molecule has 0 bridgehead atoms. The lowest BCUT2D eigenvalue weighted by molar-refractivity contribution is 0.482. The fraction of sp³-hybridized carbons (Fsp3) is 0.571. The summed E-state index contributed by atoms with van der Waals surface area (Å²) in [5.74, 6) is 2.33. The Morgan fingerprint density at radius 3 is 2.57 bits per heavy atom. The SMILES string of the molecule is CCC(C)CC(C)Nc1nc(NC)nc(-n2ccnc2)n1. The topological polar surface area (TPSA) is 80.5 Å². The number of imidazole rings is 1. The van der Waals surface area contributed by atoms with Crippen molar-refractivity contribution in [1.29, 1.82) is 0 Å². The second kappa shape index (κ2) is 7.01. The van der Waals surface area contributed by atoms with Gasteiger partial charge >= 0.3 is 0 Å². The molecule has 114 valence electrons. The fourth-order valence-electron chi connectivity index (χ4n) is 2.08. The van der Waals surface area contributed by atoms with Crippen molar-refractivity contribution in [2.24, 2.45) is 5.92 Å². The summed E-state index contributed by atoms with van der Waals surface area (Å²) in [4.78, 5) is 17.1. The fourth-order valence-corrected chi connectivity index (χ4v) is 2.08. The van der Waals surface area contributed by atoms with E-state index in [2.05, 4.69) is 51.3 Å². The third-order valence-electron chi connectivity index (χ3n) is 3.41. The lowest BCUT2D eigenvalue weighted by Gasteiger charge is -2.18. The van der Waals surface area contributed by atoms with Crippen LogP contribution in [0.1, 0.15) is 33.6 Å². The summed E-state index contributed by atoms with van der Waals surface area (Å²) < 4.78 is 1.76. The minimum atomic E-state index is 0.308. The van der Waals surface area contributed by atoms with Gasteiger partial charge in [0.1, 0.15) is 6.33 Å². The molecule has 0 aliphatic heterocycles. The van der Waals surface area contributed by atoms with E-state index < -0.39 is 0 Å². The van der Waals surface area contributed by atoms with Gasteiger partial charge in [-0.05, 0) is 19.3 Å². The summed E-state index contributed by atoms with van der Waals surface area (Å²) in [6.45, 7) is 6.60. The first-order chi connectivity index (χ1) is 10.1. The first-order valence-corrected chi connectivity index (χ1v) is 7.31. The maximum atomic E-state index is 4.45. The van der Waals surface area contributed by atoms with Crippen LogP contribution >= 0.6 is 0 Å². The van der Waals surface area contributed by atoms with E-state index in [0.717, 1.165) is 6.42 Å². The summed E-state index contributed by atoms with van der Waals surface area (Å²) in [5.41, 5.74) is 0. The van der Waals surface area contributed by atoms with E-state index >= 15 is 0 Å². The van der Waals surface area contributed by atoms with Crippen molar-refractivity contribution in [3.05, 3.63) is 18.7 Å². The number of anilines is 2. The minimum Gasteiger partial charge on any atom is -0.357 e. The molecular formula is C14H23N7. The van der Waals surface area contributed by atoms with Gasteiger partial charge in [-0.15, -0.1) is 0 Å². The normalized spacial score (nSPS) is 13.7. The standard InChI is InChI=1S/C14H23N7/c1-5-10(2)8-11(3)17-13-18-12(15-4)19-14(20-13)21-7-6-16-9-21/h6-7,9-11H,5,8H2,1-4H3,(H2,15,17,18,19,20). The van der Waals surface area contributed by atoms with Crippen LogP contribution in [0.25, 0.3) is 5.95 Å². The van der Waals surface area contributed by atoms with Crippen LogP contribution in [0.2, 0.25) is 0 Å². The van der Waals surface area contributed by atoms with Gasteiger partial charge in [0.2, 0.25) is 17.8 Å². The van der Waals surface area contributed by atoms with Crippen molar-refractivity contribution in [1.82, 2.24) is 24.5 Å². The molecule has 2 rings (SSSR count). The number of rotatable bonds is 7. The molecule has 0 saturated carbocycles. The van der Waals surface area contributed by atoms with Crippen molar-refractivity contribution in [2.45, 2.75) is 39.7 Å². The lowest BCUT2D eigenvalue weighted by Crippen LogP contribution is -2.21. The second-order valence-electron chi connectivity index (χ2n) is 5.30. The molecule has 0 aliphatic carbocycles. The van der Waals surface area contributed by atoms with Crippen LogP contribution in [-0.4, -0.2) is 37.6 Å². The van der Waals surface area contributed by atoms with Crippen LogP contribution in [-0.2, 0) is 0 Å². The van der Waals surface area contributed by atoms with Crippen molar-refractivity contribution in [2.75, 3.05) is 17.7 Å². The highest BCUT2D eigenvalue weighted by atomic mass is 15.3. The predicted octanol–water partition coefficient (Wildman–Crippen LogP) is 2.34. The number of nitrogens with one attached hydrogen (secondary N) is 2. The predicted molar refractivity (Wildman–Crippen MR) is 83.7 cm³/mol. The molecule has 0 spiro atoms. The largest absolute Gasteiger partial charge is 0.357 e. The highest BCUT2D eigenvalue weighted by molar-refractivity contribution is 5.38. The maximum Gasteiger partial charge on any atom is 0.241 e. The van der Waals surface area contributed by atoms with E-state index in [1.54, 1.807) is 30.3 Å². The maximum absolute atomic E-state index is 4.45. The van der Waals surface area contributed by atoms with Crippen LogP contribution in [0.5, 0.6) is 0 Å². The molecule has 0 amide bonds. The molecule has 2 N–H and O–H groups in total. The molecule has 0 aliphatic rings. The number of hydrogen-bond donors (Lipinski definition) is 2. The molecule has 7 heteroatoms. The molecule has 21 heavy (non-hydrogen) atoms. The Morgan fingerprint density at radius 2 is 1.95 bits per heavy atom. The zero-order valence-electron chi connectivity index (χ0n) is 13.0. The van der Waals surface area contributed by atoms with Crippen LogP contribution in [0.4, 0.5) is 11.9 Å². The Hall–Kier alpha value is -2.18. The van der Waals surface area contributed by atoms with E-state index in [1.165, 1.54) is 6.42 Å². The summed E-state index contributed by atoms with van der Waals surface area (Å²) in [5, 5.41) is 6.31. The Labute approximate surface area is 125 Å². The van der Waals surface area contributed by atoms with Crippen LogP contribution < -0.4 is 10.6 Å². The number of aromatic nitrogens is 5. The Kier molecular flexibility index (Phi) is 5.08. The number of nitrogens with zero attached hydrogens (tertiary/aromatic N) is 5. The smallest absolute Gasteiger partial charge is 0.241 e. The molecule has 0 aromatic carbocycles. The molecule has 2 unspecified atom stereocenters. The third kappa shape index (κ3) is 4.14. The van der Waals surface area contributed by atoms with E-state index in [0.29, 0.717) is 29.8 Å². The molecule has 0 radical (unpaired) electrons. The first kappa shape index (κ1) is 15.2. The van der Waals surface area contributed by atoms with Gasteiger partial charge in [-0.1, -0.05) is 20.3 Å². The van der Waals surface area contributed by atoms with Crippen LogP contribution in [0.15, 0.2) is 18.7 Å². The summed E-state index contributed by atoms with van der Waals surface area (Å²) in [6.07, 6.45) is 7.42. The summed E-state index contributed by atoms with van der Waals surface area (Å²) in [6, 6.07) is 0.308. The minimum absolute atomic E-state index is 0.308. The first-order valence-electron chi connectivity index (χ1n) is 7.31. The molecule has 2 heterocycles. The van der Waals surface area contributed by atoms with Gasteiger partial charge in [0, 0.05) is 25.5 Å². The van der Waals surface area contributed by atoms with Gasteiger partial charge in [-0.2, -0.15) is 15.0 Å². The van der Waals surface area contributed by atoms with E-state index in [9.17, 15) is 0 Å². The van der Waals surface area contributed by atoms with Gasteiger partial charge < -0.3 is 10.6 Å². The van der Waals surface area contributed by atoms with Gasteiger partial charge in [0.25, 0.3) is 0 Å². The van der Waals surface area contributed by atoms with Crippen molar-refractivity contribution in [3.8, 4) is 5.95 Å². The van der Waals surface area contributed by atoms with Crippen molar-refractivity contribution < 1.29 is 0 Å². The average Bonchev–Trinajstić information content (AvgIpc) is 3.00.